The molecule has 1 atom stereocenters. The number of carbonyl (C=O) groups is 2. The molecule has 2 N–H and O–H groups in total. The molecule has 7 nitrogen and oxygen atoms in total. The number of likely N-dealkylation sites (tertiary alicyclic amines) is 1. The lowest BCUT2D eigenvalue weighted by Gasteiger charge is -2.28. The number of benzene rings is 1. The van der Waals surface area contributed by atoms with E-state index < -0.39 is 6.04 Å². The van der Waals surface area contributed by atoms with Gasteiger partial charge in [0.15, 0.2) is 0 Å². The molecule has 29 heavy (non-hydrogen) atoms. The van der Waals surface area contributed by atoms with Gasteiger partial charge < -0.3 is 10.2 Å². The number of halogens is 1. The van der Waals surface area contributed by atoms with E-state index in [1.165, 1.54) is 29.9 Å². The number of aromatic nitrogens is 2. The predicted octanol–water partition coefficient (Wildman–Crippen LogP) is 3.79. The molecule has 1 unspecified atom stereocenters. The summed E-state index contributed by atoms with van der Waals surface area (Å²) in [4.78, 5) is 27.1. The Morgan fingerprint density at radius 3 is 2.55 bits per heavy atom. The first-order valence-electron chi connectivity index (χ1n) is 10.1. The van der Waals surface area contributed by atoms with E-state index in [4.69, 9.17) is 0 Å². The number of nitrogens with one attached hydrogen (secondary N) is 2. The second-order valence-corrected chi connectivity index (χ2v) is 8.52. The molecule has 1 aliphatic carbocycles. The van der Waals surface area contributed by atoms with Crippen molar-refractivity contribution in [1.29, 1.82) is 0 Å². The Kier molecular flexibility index (Phi) is 6.03. The molecule has 1 aliphatic heterocycles. The molecule has 154 valence electrons. The van der Waals surface area contributed by atoms with Crippen LogP contribution in [0.3, 0.4) is 0 Å². The van der Waals surface area contributed by atoms with Crippen molar-refractivity contribution >= 4 is 28.4 Å². The van der Waals surface area contributed by atoms with Gasteiger partial charge in [-0.2, -0.15) is 0 Å². The highest BCUT2D eigenvalue weighted by atomic mass is 32.1. The molecule has 2 fully saturated rings. The van der Waals surface area contributed by atoms with Crippen LogP contribution in [0.25, 0.3) is 10.6 Å². The van der Waals surface area contributed by atoms with Crippen LogP contribution < -0.4 is 10.6 Å². The third kappa shape index (κ3) is 4.72. The number of amides is 3. The van der Waals surface area contributed by atoms with Gasteiger partial charge in [0.1, 0.15) is 16.9 Å². The van der Waals surface area contributed by atoms with Crippen molar-refractivity contribution < 1.29 is 14.0 Å². The predicted molar refractivity (Wildman–Crippen MR) is 109 cm³/mol. The molecule has 4 rings (SSSR count). The molecule has 0 bridgehead atoms. The zero-order chi connectivity index (χ0) is 20.2. The Morgan fingerprint density at radius 2 is 1.79 bits per heavy atom. The largest absolute Gasteiger partial charge is 0.335 e. The van der Waals surface area contributed by atoms with E-state index >= 15 is 0 Å². The molecule has 0 radical (unpaired) electrons. The van der Waals surface area contributed by atoms with Gasteiger partial charge in [-0.05, 0) is 49.9 Å². The molecule has 0 spiro atoms. The molecular formula is C20H24FN5O2S. The summed E-state index contributed by atoms with van der Waals surface area (Å²) in [5.41, 5.74) is 0.735. The van der Waals surface area contributed by atoms with Crippen molar-refractivity contribution in [2.75, 3.05) is 11.9 Å². The lowest BCUT2D eigenvalue weighted by molar-refractivity contribution is -0.119. The van der Waals surface area contributed by atoms with Crippen LogP contribution in [-0.2, 0) is 4.79 Å². The minimum atomic E-state index is -0.503. The third-order valence-electron chi connectivity index (χ3n) is 5.50. The summed E-state index contributed by atoms with van der Waals surface area (Å²) in [6, 6.07) is 5.51. The van der Waals surface area contributed by atoms with Gasteiger partial charge in [0.05, 0.1) is 0 Å². The van der Waals surface area contributed by atoms with Gasteiger partial charge in [-0.25, -0.2) is 9.18 Å². The first-order chi connectivity index (χ1) is 14.1. The summed E-state index contributed by atoms with van der Waals surface area (Å²) < 4.78 is 13.1. The lowest BCUT2D eigenvalue weighted by Crippen LogP contribution is -2.50. The summed E-state index contributed by atoms with van der Waals surface area (Å²) in [6.45, 7) is 0.577. The standard InChI is InChI=1S/C20H24FN5O2S/c21-14-10-8-13(9-11-14)18-24-25-19(29-18)23-17(27)16-7-4-12-26(16)20(28)22-15-5-2-1-3-6-15/h8-11,15-16H,1-7,12H2,(H,22,28)(H,23,25,27). The van der Waals surface area contributed by atoms with E-state index in [0.717, 1.165) is 37.7 Å². The fourth-order valence-corrected chi connectivity index (χ4v) is 4.71. The first-order valence-corrected chi connectivity index (χ1v) is 10.9. The van der Waals surface area contributed by atoms with Gasteiger partial charge in [0.2, 0.25) is 11.0 Å². The summed E-state index contributed by atoms with van der Waals surface area (Å²) in [7, 11) is 0. The number of urea groups is 1. The number of rotatable bonds is 4. The maximum Gasteiger partial charge on any atom is 0.318 e. The van der Waals surface area contributed by atoms with Crippen molar-refractivity contribution in [2.24, 2.45) is 0 Å². The van der Waals surface area contributed by atoms with Gasteiger partial charge in [-0.1, -0.05) is 30.6 Å². The summed E-state index contributed by atoms with van der Waals surface area (Å²) in [5, 5.41) is 14.9. The van der Waals surface area contributed by atoms with Gasteiger partial charge in [0.25, 0.3) is 0 Å². The van der Waals surface area contributed by atoms with E-state index in [2.05, 4.69) is 20.8 Å². The maximum absolute atomic E-state index is 13.1. The van der Waals surface area contributed by atoms with E-state index in [1.54, 1.807) is 17.0 Å². The van der Waals surface area contributed by atoms with Crippen LogP contribution in [0.4, 0.5) is 14.3 Å². The first kappa shape index (κ1) is 19.8. The third-order valence-corrected chi connectivity index (χ3v) is 6.38. The van der Waals surface area contributed by atoms with Crippen LogP contribution >= 0.6 is 11.3 Å². The highest BCUT2D eigenvalue weighted by Crippen LogP contribution is 2.27. The van der Waals surface area contributed by atoms with Gasteiger partial charge >= 0.3 is 6.03 Å². The fraction of sp³-hybridized carbons (Fsp3) is 0.500. The minimum absolute atomic E-state index is 0.154. The molecule has 3 amide bonds. The number of hydrogen-bond donors (Lipinski definition) is 2. The van der Waals surface area contributed by atoms with Gasteiger partial charge in [0, 0.05) is 18.2 Å². The summed E-state index contributed by atoms with van der Waals surface area (Å²) in [5.74, 6) is -0.567. The zero-order valence-electron chi connectivity index (χ0n) is 16.1. The van der Waals surface area contributed by atoms with E-state index in [1.807, 2.05) is 0 Å². The van der Waals surface area contributed by atoms with Crippen LogP contribution in [0.1, 0.15) is 44.9 Å². The summed E-state index contributed by atoms with van der Waals surface area (Å²) >= 11 is 1.22. The zero-order valence-corrected chi connectivity index (χ0v) is 16.9. The van der Waals surface area contributed by atoms with Gasteiger partial charge in [-0.15, -0.1) is 10.2 Å². The Balaban J connectivity index is 1.37. The van der Waals surface area contributed by atoms with Crippen molar-refractivity contribution in [3.8, 4) is 10.6 Å². The number of nitrogens with zero attached hydrogens (tertiary/aromatic N) is 3. The van der Waals surface area contributed by atoms with Crippen LogP contribution in [0.5, 0.6) is 0 Å². The van der Waals surface area contributed by atoms with Crippen LogP contribution in [0.15, 0.2) is 24.3 Å². The van der Waals surface area contributed by atoms with E-state index in [-0.39, 0.29) is 23.8 Å². The highest BCUT2D eigenvalue weighted by Gasteiger charge is 2.35. The molecule has 9 heteroatoms. The summed E-state index contributed by atoms with van der Waals surface area (Å²) in [6.07, 6.45) is 6.95. The smallest absolute Gasteiger partial charge is 0.318 e. The minimum Gasteiger partial charge on any atom is -0.335 e. The fourth-order valence-electron chi connectivity index (χ4n) is 3.96. The Bertz CT molecular complexity index is 866. The van der Waals surface area contributed by atoms with Crippen LogP contribution in [0, 0.1) is 5.82 Å². The molecule has 2 aromatic rings. The van der Waals surface area contributed by atoms with Crippen LogP contribution in [0.2, 0.25) is 0 Å². The molecule has 2 aliphatic rings. The highest BCUT2D eigenvalue weighted by molar-refractivity contribution is 7.18. The SMILES string of the molecule is O=C(Nc1nnc(-c2ccc(F)cc2)s1)C1CCCN1C(=O)NC1CCCCC1. The Labute approximate surface area is 172 Å². The quantitative estimate of drug-likeness (QED) is 0.792. The second-order valence-electron chi connectivity index (χ2n) is 7.54. The molecule has 1 saturated heterocycles. The van der Waals surface area contributed by atoms with E-state index in [9.17, 15) is 14.0 Å². The molecule has 1 saturated carbocycles. The topological polar surface area (TPSA) is 87.2 Å². The average molecular weight is 418 g/mol. The van der Waals surface area contributed by atoms with Gasteiger partial charge in [-0.3, -0.25) is 10.1 Å². The average Bonchev–Trinajstić information content (AvgIpc) is 3.39. The Hall–Kier alpha value is -2.55. The van der Waals surface area contributed by atoms with E-state index in [0.29, 0.717) is 23.1 Å². The van der Waals surface area contributed by atoms with Crippen LogP contribution in [-0.4, -0.2) is 45.7 Å². The molecule has 1 aromatic heterocycles. The van der Waals surface area contributed by atoms with Crippen molar-refractivity contribution in [3.63, 3.8) is 0 Å². The van der Waals surface area contributed by atoms with Crippen molar-refractivity contribution in [3.05, 3.63) is 30.1 Å². The van der Waals surface area contributed by atoms with Crippen molar-refractivity contribution in [2.45, 2.75) is 57.0 Å². The molecule has 1 aromatic carbocycles. The van der Waals surface area contributed by atoms with Crippen molar-refractivity contribution in [1.82, 2.24) is 20.4 Å². The monoisotopic (exact) mass is 417 g/mol. The molecule has 2 heterocycles. The normalized spacial score (nSPS) is 19.9. The Morgan fingerprint density at radius 1 is 1.03 bits per heavy atom. The number of hydrogen-bond acceptors (Lipinski definition) is 5. The number of carbonyl (C=O) groups excluding carboxylic acids is 2. The maximum atomic E-state index is 13.1. The second kappa shape index (κ2) is 8.86. The molecular weight excluding hydrogens is 393 g/mol. The lowest BCUT2D eigenvalue weighted by atomic mass is 9.96. The number of anilines is 1.